The van der Waals surface area contributed by atoms with Crippen molar-refractivity contribution in [2.75, 3.05) is 19.4 Å². The maximum absolute atomic E-state index is 13.7. The van der Waals surface area contributed by atoms with Crippen LogP contribution in [0.15, 0.2) is 78.1 Å². The second kappa shape index (κ2) is 9.51. The number of carbonyl (C=O) groups excluding carboxylic acids is 1. The van der Waals surface area contributed by atoms with Crippen molar-refractivity contribution < 1.29 is 26.4 Å². The van der Waals surface area contributed by atoms with E-state index in [1.165, 1.54) is 62.9 Å². The molecule has 1 amide bonds. The molecule has 3 heterocycles. The first-order chi connectivity index (χ1) is 17.0. The minimum absolute atomic E-state index is 0.0227. The zero-order valence-corrected chi connectivity index (χ0v) is 19.7. The van der Waals surface area contributed by atoms with Crippen LogP contribution in [0.5, 0.6) is 0 Å². The molecule has 0 radical (unpaired) electrons. The van der Waals surface area contributed by atoms with Gasteiger partial charge < -0.3 is 5.32 Å². The molecule has 1 N–H and O–H groups in total. The van der Waals surface area contributed by atoms with E-state index in [2.05, 4.69) is 20.4 Å². The number of nitrogens with zero attached hydrogens (tertiary/aromatic N) is 5. The molecule has 0 atom stereocenters. The Morgan fingerprint density at radius 2 is 1.81 bits per heavy atom. The number of nitrogens with one attached hydrogen (secondary N) is 1. The van der Waals surface area contributed by atoms with Gasteiger partial charge in [0.1, 0.15) is 11.5 Å². The monoisotopic (exact) mass is 516 g/mol. The number of hydrogen-bond acceptors (Lipinski definition) is 6. The van der Waals surface area contributed by atoms with E-state index in [1.54, 1.807) is 12.1 Å². The van der Waals surface area contributed by atoms with Crippen LogP contribution in [0, 0.1) is 0 Å². The van der Waals surface area contributed by atoms with Crippen LogP contribution in [0.25, 0.3) is 16.9 Å². The summed E-state index contributed by atoms with van der Waals surface area (Å²) >= 11 is 0. The van der Waals surface area contributed by atoms with Crippen molar-refractivity contribution in [2.24, 2.45) is 0 Å². The van der Waals surface area contributed by atoms with Crippen LogP contribution in [0.3, 0.4) is 0 Å². The Morgan fingerprint density at radius 1 is 1.03 bits per heavy atom. The number of pyridine rings is 2. The van der Waals surface area contributed by atoms with E-state index in [4.69, 9.17) is 0 Å². The number of sulfonamides is 1. The molecule has 0 fully saturated rings. The molecule has 0 saturated heterocycles. The highest BCUT2D eigenvalue weighted by atomic mass is 32.2. The summed E-state index contributed by atoms with van der Waals surface area (Å²) in [6.45, 7) is 0. The summed E-state index contributed by atoms with van der Waals surface area (Å²) in [7, 11) is -1.00. The van der Waals surface area contributed by atoms with E-state index in [0.717, 1.165) is 21.3 Å². The maximum atomic E-state index is 13.7. The Labute approximate surface area is 204 Å². The van der Waals surface area contributed by atoms with Crippen molar-refractivity contribution in [2.45, 2.75) is 11.1 Å². The van der Waals surface area contributed by atoms with Crippen LogP contribution in [0.2, 0.25) is 0 Å². The van der Waals surface area contributed by atoms with Crippen LogP contribution in [0.1, 0.15) is 16.1 Å². The SMILES string of the molecule is CN(C)S(=O)(=O)c1cccc(C(=O)Nc2ccc(-n3nc(-c4cccnc4)cc3C(F)(F)F)cn2)c1. The van der Waals surface area contributed by atoms with Gasteiger partial charge in [-0.25, -0.2) is 22.4 Å². The lowest BCUT2D eigenvalue weighted by molar-refractivity contribution is -0.142. The highest BCUT2D eigenvalue weighted by Gasteiger charge is 2.36. The van der Waals surface area contributed by atoms with Crippen molar-refractivity contribution in [3.8, 4) is 16.9 Å². The molecule has 13 heteroatoms. The van der Waals surface area contributed by atoms with Gasteiger partial charge >= 0.3 is 6.18 Å². The van der Waals surface area contributed by atoms with Crippen LogP contribution >= 0.6 is 0 Å². The van der Waals surface area contributed by atoms with Crippen molar-refractivity contribution >= 4 is 21.7 Å². The molecule has 0 aliphatic carbocycles. The summed E-state index contributed by atoms with van der Waals surface area (Å²) < 4.78 is 67.4. The number of carbonyl (C=O) groups is 1. The van der Waals surface area contributed by atoms with Gasteiger partial charge in [-0.05, 0) is 48.5 Å². The second-order valence-electron chi connectivity index (χ2n) is 7.74. The molecule has 0 saturated carbocycles. The summed E-state index contributed by atoms with van der Waals surface area (Å²) in [4.78, 5) is 20.5. The number of amides is 1. The average molecular weight is 517 g/mol. The molecule has 1 aromatic carbocycles. The molecule has 0 spiro atoms. The Kier molecular flexibility index (Phi) is 6.61. The molecule has 3 aromatic heterocycles. The van der Waals surface area contributed by atoms with Crippen LogP contribution < -0.4 is 5.32 Å². The standard InChI is InChI=1S/C23H19F3N6O3S/c1-31(2)36(34,35)18-7-3-5-15(11-18)22(33)29-21-9-8-17(14-28-21)32-20(23(24,25)26)12-19(30-32)16-6-4-10-27-13-16/h3-14H,1-2H3,(H,28,29,33). The van der Waals surface area contributed by atoms with Gasteiger partial charge in [0.05, 0.1) is 22.5 Å². The van der Waals surface area contributed by atoms with E-state index < -0.39 is 27.8 Å². The molecule has 0 aliphatic rings. The van der Waals surface area contributed by atoms with Crippen molar-refractivity contribution in [1.82, 2.24) is 24.1 Å². The number of rotatable bonds is 6. The summed E-state index contributed by atoms with van der Waals surface area (Å²) in [6.07, 6.45) is -0.641. The summed E-state index contributed by atoms with van der Waals surface area (Å²) in [5.41, 5.74) is -0.415. The zero-order valence-electron chi connectivity index (χ0n) is 18.9. The summed E-state index contributed by atoms with van der Waals surface area (Å²) in [5.74, 6) is -0.585. The molecule has 0 unspecified atom stereocenters. The topological polar surface area (TPSA) is 110 Å². The lowest BCUT2D eigenvalue weighted by Crippen LogP contribution is -2.22. The van der Waals surface area contributed by atoms with Gasteiger partial charge in [0, 0.05) is 37.6 Å². The Hall–Kier alpha value is -4.10. The first-order valence-corrected chi connectivity index (χ1v) is 11.8. The molecule has 0 bridgehead atoms. The van der Waals surface area contributed by atoms with Gasteiger partial charge in [0.25, 0.3) is 5.91 Å². The highest BCUT2D eigenvalue weighted by molar-refractivity contribution is 7.89. The Morgan fingerprint density at radius 3 is 2.42 bits per heavy atom. The van der Waals surface area contributed by atoms with Gasteiger partial charge in [0.15, 0.2) is 0 Å². The fraction of sp³-hybridized carbons (Fsp3) is 0.130. The molecular weight excluding hydrogens is 497 g/mol. The van der Waals surface area contributed by atoms with Crippen LogP contribution in [-0.2, 0) is 16.2 Å². The fourth-order valence-corrected chi connectivity index (χ4v) is 4.17. The van der Waals surface area contributed by atoms with Gasteiger partial charge in [-0.2, -0.15) is 18.3 Å². The number of halogens is 3. The van der Waals surface area contributed by atoms with E-state index >= 15 is 0 Å². The predicted molar refractivity (Wildman–Crippen MR) is 125 cm³/mol. The Balaban J connectivity index is 1.59. The van der Waals surface area contributed by atoms with Crippen molar-refractivity contribution in [1.29, 1.82) is 0 Å². The van der Waals surface area contributed by atoms with E-state index in [9.17, 15) is 26.4 Å². The largest absolute Gasteiger partial charge is 0.433 e. The predicted octanol–water partition coefficient (Wildman–Crippen LogP) is 3.85. The normalized spacial score (nSPS) is 12.1. The number of hydrogen-bond donors (Lipinski definition) is 1. The molecule has 4 aromatic rings. The van der Waals surface area contributed by atoms with Crippen LogP contribution in [0.4, 0.5) is 19.0 Å². The van der Waals surface area contributed by atoms with Crippen molar-refractivity contribution in [3.05, 3.63) is 84.4 Å². The first kappa shape index (κ1) is 25.0. The van der Waals surface area contributed by atoms with E-state index in [0.29, 0.717) is 5.56 Å². The molecule has 9 nitrogen and oxygen atoms in total. The number of alkyl halides is 3. The molecular formula is C23H19F3N6O3S. The number of benzene rings is 1. The third-order valence-corrected chi connectivity index (χ3v) is 6.88. The highest BCUT2D eigenvalue weighted by Crippen LogP contribution is 2.34. The lowest BCUT2D eigenvalue weighted by atomic mass is 10.2. The zero-order chi connectivity index (χ0) is 26.1. The van der Waals surface area contributed by atoms with E-state index in [1.807, 2.05) is 0 Å². The Bertz CT molecular complexity index is 1500. The summed E-state index contributed by atoms with van der Waals surface area (Å²) in [5, 5.41) is 6.57. The summed E-state index contributed by atoms with van der Waals surface area (Å²) in [6, 6.07) is 12.2. The minimum atomic E-state index is -4.68. The third kappa shape index (κ3) is 5.11. The molecule has 36 heavy (non-hydrogen) atoms. The molecule has 0 aliphatic heterocycles. The van der Waals surface area contributed by atoms with Gasteiger partial charge in [0.2, 0.25) is 10.0 Å². The van der Waals surface area contributed by atoms with Crippen LogP contribution in [-0.4, -0.2) is 52.5 Å². The van der Waals surface area contributed by atoms with E-state index in [-0.39, 0.29) is 27.7 Å². The quantitative estimate of drug-likeness (QED) is 0.417. The van der Waals surface area contributed by atoms with Gasteiger partial charge in [-0.1, -0.05) is 6.07 Å². The molecule has 186 valence electrons. The average Bonchev–Trinajstić information content (AvgIpc) is 3.31. The lowest BCUT2D eigenvalue weighted by Gasteiger charge is -2.12. The minimum Gasteiger partial charge on any atom is -0.307 e. The van der Waals surface area contributed by atoms with Gasteiger partial charge in [-0.15, -0.1) is 0 Å². The smallest absolute Gasteiger partial charge is 0.307 e. The molecule has 4 rings (SSSR count). The second-order valence-corrected chi connectivity index (χ2v) is 9.89. The van der Waals surface area contributed by atoms with Gasteiger partial charge in [-0.3, -0.25) is 9.78 Å². The number of aromatic nitrogens is 4. The maximum Gasteiger partial charge on any atom is 0.433 e. The number of anilines is 1. The van der Waals surface area contributed by atoms with Crippen molar-refractivity contribution in [3.63, 3.8) is 0 Å². The first-order valence-electron chi connectivity index (χ1n) is 10.3. The third-order valence-electron chi connectivity index (χ3n) is 5.07. The fourth-order valence-electron chi connectivity index (χ4n) is 3.22.